The summed E-state index contributed by atoms with van der Waals surface area (Å²) in [6, 6.07) is 0. The summed E-state index contributed by atoms with van der Waals surface area (Å²) in [4.78, 5) is 12.6. The molecule has 0 aromatic carbocycles. The molecule has 0 aromatic rings. The van der Waals surface area contributed by atoms with E-state index < -0.39 is 0 Å². The fourth-order valence-corrected chi connectivity index (χ4v) is 1.22. The van der Waals surface area contributed by atoms with Gasteiger partial charge in [0.05, 0.1) is 0 Å². The minimum absolute atomic E-state index is 0.0779. The number of alkyl halides is 1. The Morgan fingerprint density at radius 2 is 1.82 bits per heavy atom. The third kappa shape index (κ3) is 3.61. The van der Waals surface area contributed by atoms with E-state index in [0.717, 1.165) is 25.9 Å². The Hall–Kier alpha value is -0.240. The molecule has 0 N–H and O–H groups in total. The van der Waals surface area contributed by atoms with Gasteiger partial charge in [-0.25, -0.2) is 0 Å². The second-order valence-electron chi connectivity index (χ2n) is 2.22. The highest BCUT2D eigenvalue weighted by atomic mass is 35.5. The van der Waals surface area contributed by atoms with Crippen LogP contribution in [0.25, 0.3) is 0 Å². The molecule has 1 aliphatic heterocycles. The van der Waals surface area contributed by atoms with Crippen LogP contribution >= 0.6 is 11.6 Å². The number of hydrogen-bond acceptors (Lipinski definition) is 1. The fourth-order valence-electron chi connectivity index (χ4n) is 1.05. The van der Waals surface area contributed by atoms with Gasteiger partial charge in [-0.15, -0.1) is 11.6 Å². The molecule has 0 radical (unpaired) electrons. The van der Waals surface area contributed by atoms with E-state index in [1.807, 2.05) is 18.7 Å². The summed E-state index contributed by atoms with van der Waals surface area (Å²) < 4.78 is 0. The molecule has 3 heteroatoms. The lowest BCUT2D eigenvalue weighted by molar-refractivity contribution is -0.127. The summed E-state index contributed by atoms with van der Waals surface area (Å²) in [5.74, 6) is 0.217. The van der Waals surface area contributed by atoms with Crippen LogP contribution in [-0.2, 0) is 4.79 Å². The number of carbonyl (C=O) groups is 1. The Labute approximate surface area is 73.5 Å². The molecular weight excluding hydrogens is 162 g/mol. The quantitative estimate of drug-likeness (QED) is 0.560. The minimum Gasteiger partial charge on any atom is -0.342 e. The van der Waals surface area contributed by atoms with E-state index in [2.05, 4.69) is 0 Å². The predicted molar refractivity (Wildman–Crippen MR) is 47.9 cm³/mol. The van der Waals surface area contributed by atoms with Crippen molar-refractivity contribution in [2.45, 2.75) is 26.7 Å². The van der Waals surface area contributed by atoms with Gasteiger partial charge in [0.25, 0.3) is 0 Å². The molecule has 0 unspecified atom stereocenters. The molecule has 1 aliphatic rings. The number of hydrogen-bond donors (Lipinski definition) is 0. The minimum atomic E-state index is 0.0779. The van der Waals surface area contributed by atoms with Crippen molar-refractivity contribution in [1.82, 2.24) is 4.90 Å². The maximum Gasteiger partial charge on any atom is 0.237 e. The first-order chi connectivity index (χ1) is 5.34. The van der Waals surface area contributed by atoms with Crippen LogP contribution in [0.3, 0.4) is 0 Å². The second kappa shape index (κ2) is 6.47. The lowest BCUT2D eigenvalue weighted by atomic mass is 10.4. The van der Waals surface area contributed by atoms with Crippen LogP contribution in [0.15, 0.2) is 0 Å². The van der Waals surface area contributed by atoms with Crippen LogP contribution in [0.1, 0.15) is 26.7 Å². The zero-order valence-corrected chi connectivity index (χ0v) is 8.02. The highest BCUT2D eigenvalue weighted by molar-refractivity contribution is 6.27. The standard InChI is InChI=1S/C6H10ClNO.C2H6/c7-5-6(9)8-3-1-2-4-8;1-2/h1-5H2;1-2H3. The Bertz CT molecular complexity index is 111. The molecule has 0 aliphatic carbocycles. The van der Waals surface area contributed by atoms with Crippen LogP contribution in [0, 0.1) is 0 Å². The van der Waals surface area contributed by atoms with Crippen molar-refractivity contribution in [3.05, 3.63) is 0 Å². The van der Waals surface area contributed by atoms with Crippen LogP contribution in [0.5, 0.6) is 0 Å². The normalized spacial score (nSPS) is 15.7. The summed E-state index contributed by atoms with van der Waals surface area (Å²) in [7, 11) is 0. The van der Waals surface area contributed by atoms with Crippen molar-refractivity contribution in [3.63, 3.8) is 0 Å². The monoisotopic (exact) mass is 177 g/mol. The third-order valence-corrected chi connectivity index (χ3v) is 1.80. The molecular formula is C8H16ClNO. The van der Waals surface area contributed by atoms with Crippen molar-refractivity contribution in [2.24, 2.45) is 0 Å². The molecule has 0 atom stereocenters. The maximum atomic E-state index is 10.8. The highest BCUT2D eigenvalue weighted by Crippen LogP contribution is 2.07. The van der Waals surface area contributed by atoms with E-state index in [1.54, 1.807) is 0 Å². The van der Waals surface area contributed by atoms with E-state index >= 15 is 0 Å². The number of carbonyl (C=O) groups excluding carboxylic acids is 1. The summed E-state index contributed by atoms with van der Waals surface area (Å²) in [6.07, 6.45) is 2.28. The van der Waals surface area contributed by atoms with Crippen molar-refractivity contribution in [1.29, 1.82) is 0 Å². The van der Waals surface area contributed by atoms with E-state index in [-0.39, 0.29) is 11.8 Å². The van der Waals surface area contributed by atoms with Gasteiger partial charge in [0.2, 0.25) is 5.91 Å². The second-order valence-corrected chi connectivity index (χ2v) is 2.49. The van der Waals surface area contributed by atoms with E-state index in [4.69, 9.17) is 11.6 Å². The summed E-state index contributed by atoms with van der Waals surface area (Å²) in [6.45, 7) is 5.82. The molecule has 1 amide bonds. The van der Waals surface area contributed by atoms with E-state index in [1.165, 1.54) is 0 Å². The van der Waals surface area contributed by atoms with Gasteiger partial charge in [0.1, 0.15) is 5.88 Å². The van der Waals surface area contributed by atoms with E-state index in [0.29, 0.717) is 0 Å². The highest BCUT2D eigenvalue weighted by Gasteiger charge is 2.15. The number of rotatable bonds is 1. The van der Waals surface area contributed by atoms with Gasteiger partial charge in [-0.05, 0) is 12.8 Å². The molecule has 0 saturated carbocycles. The zero-order chi connectivity index (χ0) is 8.69. The van der Waals surface area contributed by atoms with Crippen molar-refractivity contribution < 1.29 is 4.79 Å². The van der Waals surface area contributed by atoms with Gasteiger partial charge >= 0.3 is 0 Å². The van der Waals surface area contributed by atoms with Gasteiger partial charge in [0, 0.05) is 13.1 Å². The lowest BCUT2D eigenvalue weighted by Gasteiger charge is -2.11. The van der Waals surface area contributed by atoms with Crippen LogP contribution < -0.4 is 0 Å². The molecule has 11 heavy (non-hydrogen) atoms. The maximum absolute atomic E-state index is 10.8. The molecule has 2 nitrogen and oxygen atoms in total. The average molecular weight is 178 g/mol. The SMILES string of the molecule is CC.O=C(CCl)N1CCCC1. The molecule has 66 valence electrons. The third-order valence-electron chi connectivity index (χ3n) is 1.57. The number of likely N-dealkylation sites (tertiary alicyclic amines) is 1. The molecule has 1 fully saturated rings. The van der Waals surface area contributed by atoms with Gasteiger partial charge in [-0.3, -0.25) is 4.79 Å². The van der Waals surface area contributed by atoms with Gasteiger partial charge in [0.15, 0.2) is 0 Å². The number of halogens is 1. The smallest absolute Gasteiger partial charge is 0.237 e. The molecule has 0 aromatic heterocycles. The van der Waals surface area contributed by atoms with Gasteiger partial charge < -0.3 is 4.90 Å². The van der Waals surface area contributed by atoms with Gasteiger partial charge in [-0.1, -0.05) is 13.8 Å². The predicted octanol–water partition coefficient (Wildman–Crippen LogP) is 1.87. The lowest BCUT2D eigenvalue weighted by Crippen LogP contribution is -2.28. The first-order valence-electron chi connectivity index (χ1n) is 4.18. The summed E-state index contributed by atoms with van der Waals surface area (Å²) >= 11 is 5.34. The Morgan fingerprint density at radius 1 is 1.36 bits per heavy atom. The topological polar surface area (TPSA) is 20.3 Å². The Morgan fingerprint density at radius 3 is 2.18 bits per heavy atom. The number of amides is 1. The zero-order valence-electron chi connectivity index (χ0n) is 7.27. The van der Waals surface area contributed by atoms with Crippen LogP contribution in [0.4, 0.5) is 0 Å². The van der Waals surface area contributed by atoms with Crippen molar-refractivity contribution >= 4 is 17.5 Å². The first-order valence-corrected chi connectivity index (χ1v) is 4.72. The molecule has 1 rings (SSSR count). The average Bonchev–Trinajstić information content (AvgIpc) is 2.59. The largest absolute Gasteiger partial charge is 0.342 e. The summed E-state index contributed by atoms with van der Waals surface area (Å²) in [5.41, 5.74) is 0. The fraction of sp³-hybridized carbons (Fsp3) is 0.875. The van der Waals surface area contributed by atoms with Crippen molar-refractivity contribution in [2.75, 3.05) is 19.0 Å². The summed E-state index contributed by atoms with van der Waals surface area (Å²) in [5, 5.41) is 0. The van der Waals surface area contributed by atoms with E-state index in [9.17, 15) is 4.79 Å². The Balaban J connectivity index is 0.000000461. The number of nitrogens with zero attached hydrogens (tertiary/aromatic N) is 1. The van der Waals surface area contributed by atoms with Crippen molar-refractivity contribution in [3.8, 4) is 0 Å². The van der Waals surface area contributed by atoms with Crippen LogP contribution in [-0.4, -0.2) is 29.8 Å². The van der Waals surface area contributed by atoms with Crippen LogP contribution in [0.2, 0.25) is 0 Å². The Kier molecular flexibility index (Phi) is 6.33. The first kappa shape index (κ1) is 10.8. The molecule has 0 spiro atoms. The van der Waals surface area contributed by atoms with Gasteiger partial charge in [-0.2, -0.15) is 0 Å². The molecule has 0 bridgehead atoms. The molecule has 1 heterocycles. The molecule has 1 saturated heterocycles.